The van der Waals surface area contributed by atoms with Crippen LogP contribution in [0, 0.1) is 0 Å². The van der Waals surface area contributed by atoms with Gasteiger partial charge < -0.3 is 14.9 Å². The molecule has 0 atom stereocenters. The van der Waals surface area contributed by atoms with Crippen LogP contribution in [0.15, 0.2) is 4.42 Å². The molecule has 14 heavy (non-hydrogen) atoms. The molecule has 1 aromatic rings. The summed E-state index contributed by atoms with van der Waals surface area (Å²) in [5, 5.41) is 0. The van der Waals surface area contributed by atoms with Gasteiger partial charge in [0.1, 0.15) is 18.1 Å². The minimum Gasteiger partial charge on any atom is -0.463 e. The number of nitrogens with two attached hydrogens (primary N) is 1. The molecule has 0 bridgehead atoms. The lowest BCUT2D eigenvalue weighted by molar-refractivity contribution is 0.0928. The predicted molar refractivity (Wildman–Crippen MR) is 54.0 cm³/mol. The van der Waals surface area contributed by atoms with Crippen LogP contribution in [-0.2, 0) is 24.3 Å². The van der Waals surface area contributed by atoms with Crippen LogP contribution in [0.1, 0.15) is 42.4 Å². The van der Waals surface area contributed by atoms with Crippen LogP contribution >= 0.6 is 0 Å². The van der Waals surface area contributed by atoms with E-state index in [9.17, 15) is 0 Å². The van der Waals surface area contributed by atoms with Gasteiger partial charge in [0.05, 0.1) is 6.61 Å². The van der Waals surface area contributed by atoms with Gasteiger partial charge in [0.2, 0.25) is 0 Å². The minimum atomic E-state index is 0.402. The Hall–Kier alpha value is -0.800. The van der Waals surface area contributed by atoms with Crippen molar-refractivity contribution in [3.05, 3.63) is 22.6 Å². The predicted octanol–water partition coefficient (Wildman–Crippen LogP) is 1.93. The molecule has 3 heteroatoms. The van der Waals surface area contributed by atoms with Crippen LogP contribution in [-0.4, -0.2) is 6.61 Å². The Morgan fingerprint density at radius 3 is 2.86 bits per heavy atom. The Kier molecular flexibility index (Phi) is 2.61. The van der Waals surface area contributed by atoms with Gasteiger partial charge in [-0.05, 0) is 6.42 Å². The lowest BCUT2D eigenvalue weighted by Crippen LogP contribution is -2.11. The van der Waals surface area contributed by atoms with Gasteiger partial charge in [0.15, 0.2) is 0 Å². The summed E-state index contributed by atoms with van der Waals surface area (Å²) in [6, 6.07) is 0. The second-order valence-corrected chi connectivity index (χ2v) is 4.01. The standard InChI is InChI=1S/C11H17NO2/c1-7(2)11-9(5-12)8-3-4-13-6-10(8)14-11/h7H,3-6,12H2,1-2H3. The molecule has 1 aliphatic heterocycles. The quantitative estimate of drug-likeness (QED) is 0.784. The van der Waals surface area contributed by atoms with E-state index < -0.39 is 0 Å². The largest absolute Gasteiger partial charge is 0.463 e. The summed E-state index contributed by atoms with van der Waals surface area (Å²) in [5.41, 5.74) is 8.26. The number of furan rings is 1. The molecule has 0 aromatic carbocycles. The lowest BCUT2D eigenvalue weighted by atomic mass is 10.00. The summed E-state index contributed by atoms with van der Waals surface area (Å²) < 4.78 is 11.1. The molecular weight excluding hydrogens is 178 g/mol. The van der Waals surface area contributed by atoms with Crippen LogP contribution in [0.5, 0.6) is 0 Å². The van der Waals surface area contributed by atoms with Gasteiger partial charge in [-0.3, -0.25) is 0 Å². The first-order chi connectivity index (χ1) is 6.74. The van der Waals surface area contributed by atoms with Gasteiger partial charge in [0, 0.05) is 23.6 Å². The van der Waals surface area contributed by atoms with Gasteiger partial charge in [-0.15, -0.1) is 0 Å². The summed E-state index contributed by atoms with van der Waals surface area (Å²) in [5.74, 6) is 2.43. The third-order valence-electron chi connectivity index (χ3n) is 2.69. The fraction of sp³-hybridized carbons (Fsp3) is 0.636. The molecule has 2 rings (SSSR count). The maximum atomic E-state index is 5.78. The molecule has 0 aliphatic carbocycles. The summed E-state index contributed by atoms with van der Waals surface area (Å²) in [4.78, 5) is 0. The first-order valence-corrected chi connectivity index (χ1v) is 5.15. The Bertz CT molecular complexity index is 328. The summed E-state index contributed by atoms with van der Waals surface area (Å²) in [6.07, 6.45) is 0.943. The number of hydrogen-bond donors (Lipinski definition) is 1. The minimum absolute atomic E-state index is 0.402. The maximum absolute atomic E-state index is 5.78. The van der Waals surface area contributed by atoms with Crippen molar-refractivity contribution < 1.29 is 9.15 Å². The molecule has 3 nitrogen and oxygen atoms in total. The van der Waals surface area contributed by atoms with Crippen LogP contribution in [0.2, 0.25) is 0 Å². The highest BCUT2D eigenvalue weighted by molar-refractivity contribution is 5.36. The molecule has 0 fully saturated rings. The van der Waals surface area contributed by atoms with Gasteiger partial charge in [0.25, 0.3) is 0 Å². The molecule has 0 unspecified atom stereocenters. The van der Waals surface area contributed by atoms with E-state index in [0.29, 0.717) is 19.1 Å². The topological polar surface area (TPSA) is 48.4 Å². The normalized spacial score (nSPS) is 16.0. The second kappa shape index (κ2) is 3.75. The average Bonchev–Trinajstić information content (AvgIpc) is 2.56. The highest BCUT2D eigenvalue weighted by Gasteiger charge is 2.23. The number of hydrogen-bond acceptors (Lipinski definition) is 3. The van der Waals surface area contributed by atoms with E-state index in [1.165, 1.54) is 11.1 Å². The fourth-order valence-corrected chi connectivity index (χ4v) is 2.01. The molecule has 78 valence electrons. The average molecular weight is 195 g/mol. The molecule has 2 N–H and O–H groups in total. The highest BCUT2D eigenvalue weighted by atomic mass is 16.5. The lowest BCUT2D eigenvalue weighted by Gasteiger charge is -2.11. The second-order valence-electron chi connectivity index (χ2n) is 4.01. The Morgan fingerprint density at radius 2 is 2.21 bits per heavy atom. The molecule has 0 saturated heterocycles. The first-order valence-electron chi connectivity index (χ1n) is 5.15. The first kappa shape index (κ1) is 9.74. The summed E-state index contributed by atoms with van der Waals surface area (Å²) >= 11 is 0. The monoisotopic (exact) mass is 195 g/mol. The van der Waals surface area contributed by atoms with Crippen molar-refractivity contribution in [3.63, 3.8) is 0 Å². The van der Waals surface area contributed by atoms with Crippen molar-refractivity contribution in [1.82, 2.24) is 0 Å². The zero-order valence-electron chi connectivity index (χ0n) is 8.80. The molecule has 2 heterocycles. The van der Waals surface area contributed by atoms with E-state index in [0.717, 1.165) is 24.5 Å². The van der Waals surface area contributed by atoms with Gasteiger partial charge in [-0.1, -0.05) is 13.8 Å². The van der Waals surface area contributed by atoms with Crippen molar-refractivity contribution >= 4 is 0 Å². The van der Waals surface area contributed by atoms with Crippen molar-refractivity contribution in [1.29, 1.82) is 0 Å². The smallest absolute Gasteiger partial charge is 0.133 e. The van der Waals surface area contributed by atoms with Crippen molar-refractivity contribution in [2.75, 3.05) is 6.61 Å². The van der Waals surface area contributed by atoms with Crippen LogP contribution in [0.3, 0.4) is 0 Å². The molecule has 1 aliphatic rings. The summed E-state index contributed by atoms with van der Waals surface area (Å²) in [6.45, 7) is 6.23. The van der Waals surface area contributed by atoms with Gasteiger partial charge in [-0.25, -0.2) is 0 Å². The van der Waals surface area contributed by atoms with Crippen LogP contribution in [0.4, 0.5) is 0 Å². The summed E-state index contributed by atoms with van der Waals surface area (Å²) in [7, 11) is 0. The zero-order chi connectivity index (χ0) is 10.1. The maximum Gasteiger partial charge on any atom is 0.133 e. The number of ether oxygens (including phenoxy) is 1. The highest BCUT2D eigenvalue weighted by Crippen LogP contribution is 2.31. The Morgan fingerprint density at radius 1 is 1.43 bits per heavy atom. The fourth-order valence-electron chi connectivity index (χ4n) is 2.01. The van der Waals surface area contributed by atoms with Crippen LogP contribution < -0.4 is 5.73 Å². The third-order valence-corrected chi connectivity index (χ3v) is 2.69. The van der Waals surface area contributed by atoms with E-state index in [4.69, 9.17) is 14.9 Å². The van der Waals surface area contributed by atoms with E-state index >= 15 is 0 Å². The Labute approximate surface area is 84.2 Å². The van der Waals surface area contributed by atoms with Gasteiger partial charge in [-0.2, -0.15) is 0 Å². The molecular formula is C11H17NO2. The Balaban J connectivity index is 2.46. The SMILES string of the molecule is CC(C)c1oc2c(c1CN)CCOC2. The zero-order valence-corrected chi connectivity index (χ0v) is 8.80. The van der Waals surface area contributed by atoms with Gasteiger partial charge >= 0.3 is 0 Å². The number of fused-ring (bicyclic) bond motifs is 1. The molecule has 0 saturated carbocycles. The van der Waals surface area contributed by atoms with E-state index in [1.54, 1.807) is 0 Å². The van der Waals surface area contributed by atoms with Crippen molar-refractivity contribution in [2.45, 2.75) is 39.3 Å². The molecule has 0 spiro atoms. The van der Waals surface area contributed by atoms with E-state index in [2.05, 4.69) is 13.8 Å². The molecule has 0 radical (unpaired) electrons. The van der Waals surface area contributed by atoms with E-state index in [-0.39, 0.29) is 0 Å². The van der Waals surface area contributed by atoms with Crippen molar-refractivity contribution in [2.24, 2.45) is 5.73 Å². The molecule has 0 amide bonds. The molecule has 1 aromatic heterocycles. The van der Waals surface area contributed by atoms with Crippen molar-refractivity contribution in [3.8, 4) is 0 Å². The van der Waals surface area contributed by atoms with E-state index in [1.807, 2.05) is 0 Å². The number of rotatable bonds is 2. The third kappa shape index (κ3) is 1.47. The van der Waals surface area contributed by atoms with Crippen LogP contribution in [0.25, 0.3) is 0 Å².